The summed E-state index contributed by atoms with van der Waals surface area (Å²) in [6.07, 6.45) is 6.60. The van der Waals surface area contributed by atoms with Crippen molar-refractivity contribution in [2.45, 2.75) is 98.7 Å². The number of likely N-dealkylation sites (tertiary alicyclic amines) is 1. The zero-order valence-electron chi connectivity index (χ0n) is 20.0. The van der Waals surface area contributed by atoms with Gasteiger partial charge < -0.3 is 15.7 Å². The Morgan fingerprint density at radius 3 is 2.23 bits per heavy atom. The van der Waals surface area contributed by atoms with Crippen LogP contribution in [0.5, 0.6) is 0 Å². The van der Waals surface area contributed by atoms with Gasteiger partial charge in [-0.3, -0.25) is 14.5 Å². The predicted molar refractivity (Wildman–Crippen MR) is 121 cm³/mol. The van der Waals surface area contributed by atoms with Gasteiger partial charge in [0.05, 0.1) is 6.04 Å². The fraction of sp³-hybridized carbons (Fsp3) is 0.783. The fourth-order valence-electron chi connectivity index (χ4n) is 3.28. The number of aliphatic carboxylic acids is 1. The molecule has 3 N–H and O–H groups in total. The van der Waals surface area contributed by atoms with Crippen molar-refractivity contribution >= 4 is 17.8 Å². The van der Waals surface area contributed by atoms with Crippen LogP contribution in [0.25, 0.3) is 0 Å². The van der Waals surface area contributed by atoms with Gasteiger partial charge in [-0.2, -0.15) is 0 Å². The Balaban J connectivity index is 0.00000263. The lowest BCUT2D eigenvalue weighted by Gasteiger charge is -2.39. The van der Waals surface area contributed by atoms with Crippen molar-refractivity contribution in [1.29, 1.82) is 0 Å². The maximum absolute atomic E-state index is 12.9. The number of nitrogens with zero attached hydrogens (tertiary/aromatic N) is 1. The Morgan fingerprint density at radius 1 is 1.13 bits per heavy atom. The van der Waals surface area contributed by atoms with Crippen LogP contribution in [0.4, 0.5) is 0 Å². The minimum Gasteiger partial charge on any atom is -0.478 e. The summed E-state index contributed by atoms with van der Waals surface area (Å²) in [5.41, 5.74) is 0.173. The molecule has 1 heterocycles. The number of carbonyl (C=O) groups excluding carboxylic acids is 2. The zero-order valence-corrected chi connectivity index (χ0v) is 20.0. The molecule has 0 aromatic carbocycles. The Hall–Kier alpha value is -1.89. The molecule has 0 spiro atoms. The third-order valence-electron chi connectivity index (χ3n) is 5.27. The monoisotopic (exact) mass is 425 g/mol. The lowest BCUT2D eigenvalue weighted by atomic mass is 9.97. The number of piperidine rings is 1. The van der Waals surface area contributed by atoms with E-state index in [1.54, 1.807) is 0 Å². The normalized spacial score (nSPS) is 19.3. The number of nitrogens with one attached hydrogen (secondary N) is 2. The second-order valence-corrected chi connectivity index (χ2v) is 8.38. The maximum Gasteiger partial charge on any atom is 0.331 e. The molecule has 7 nitrogen and oxygen atoms in total. The van der Waals surface area contributed by atoms with Gasteiger partial charge in [-0.25, -0.2) is 4.79 Å². The lowest BCUT2D eigenvalue weighted by Crippen LogP contribution is -2.57. The predicted octanol–water partition coefficient (Wildman–Crippen LogP) is 3.34. The second kappa shape index (κ2) is 15.0. The number of hydrogen-bond acceptors (Lipinski definition) is 4. The summed E-state index contributed by atoms with van der Waals surface area (Å²) in [6.45, 7) is 14.8. The molecule has 0 bridgehead atoms. The van der Waals surface area contributed by atoms with E-state index in [1.807, 2.05) is 13.8 Å². The summed E-state index contributed by atoms with van der Waals surface area (Å²) < 4.78 is 0. The zero-order chi connectivity index (χ0) is 23.3. The maximum atomic E-state index is 12.9. The minimum atomic E-state index is -1.01. The molecule has 1 aliphatic heterocycles. The first-order valence-electron chi connectivity index (χ1n) is 11.3. The van der Waals surface area contributed by atoms with Gasteiger partial charge in [-0.05, 0) is 45.6 Å². The molecule has 0 saturated carbocycles. The molecule has 7 heteroatoms. The smallest absolute Gasteiger partial charge is 0.331 e. The van der Waals surface area contributed by atoms with E-state index in [2.05, 4.69) is 43.2 Å². The summed E-state index contributed by atoms with van der Waals surface area (Å²) >= 11 is 0. The number of carboxylic acid groups (broad SMARTS) is 1. The Kier molecular flexibility index (Phi) is 14.0. The third-order valence-corrected chi connectivity index (χ3v) is 5.27. The van der Waals surface area contributed by atoms with Crippen molar-refractivity contribution in [3.63, 3.8) is 0 Å². The average molecular weight is 426 g/mol. The largest absolute Gasteiger partial charge is 0.478 e. The van der Waals surface area contributed by atoms with E-state index in [0.717, 1.165) is 32.2 Å². The molecule has 0 radical (unpaired) electrons. The van der Waals surface area contributed by atoms with Gasteiger partial charge in [0.25, 0.3) is 0 Å². The van der Waals surface area contributed by atoms with Gasteiger partial charge in [0.2, 0.25) is 11.8 Å². The molecule has 3 atom stereocenters. The highest BCUT2D eigenvalue weighted by atomic mass is 16.4. The average Bonchev–Trinajstić information content (AvgIpc) is 2.71. The molecular weight excluding hydrogens is 382 g/mol. The molecule has 0 aliphatic carbocycles. The Labute approximate surface area is 182 Å². The van der Waals surface area contributed by atoms with Gasteiger partial charge >= 0.3 is 5.97 Å². The number of carboxylic acids is 1. The van der Waals surface area contributed by atoms with Gasteiger partial charge in [-0.15, -0.1) is 0 Å². The molecule has 30 heavy (non-hydrogen) atoms. The highest BCUT2D eigenvalue weighted by Crippen LogP contribution is 2.21. The SMILES string of the molecule is CCC.CCC(C)N1CCCCC1C(=O)NC(C(=O)NC/C=C(\C)C(=O)O)C(C)C. The number of hydrogen-bond donors (Lipinski definition) is 3. The summed E-state index contributed by atoms with van der Waals surface area (Å²) in [7, 11) is 0. The standard InChI is InChI=1S/C20H35N3O4.C3H8/c1-6-15(5)23-12-8-7-9-16(23)18(24)22-17(13(2)3)19(25)21-11-10-14(4)20(26)27;1-3-2/h10,13,15-17H,6-9,11-12H2,1-5H3,(H,21,25)(H,22,24)(H,26,27);3H2,1-2H3/b14-10+;. The molecule has 1 fully saturated rings. The van der Waals surface area contributed by atoms with Crippen molar-refractivity contribution in [3.8, 4) is 0 Å². The van der Waals surface area contributed by atoms with E-state index in [9.17, 15) is 14.4 Å². The first kappa shape index (κ1) is 28.1. The molecule has 2 amide bonds. The van der Waals surface area contributed by atoms with Gasteiger partial charge in [-0.1, -0.05) is 53.5 Å². The minimum absolute atomic E-state index is 0.0702. The molecule has 1 rings (SSSR count). The van der Waals surface area contributed by atoms with E-state index in [1.165, 1.54) is 19.4 Å². The first-order chi connectivity index (χ1) is 14.1. The van der Waals surface area contributed by atoms with Crippen molar-refractivity contribution in [3.05, 3.63) is 11.6 Å². The van der Waals surface area contributed by atoms with E-state index < -0.39 is 12.0 Å². The van der Waals surface area contributed by atoms with Crippen molar-refractivity contribution in [2.24, 2.45) is 5.92 Å². The molecule has 3 unspecified atom stereocenters. The van der Waals surface area contributed by atoms with Gasteiger partial charge in [0.15, 0.2) is 0 Å². The van der Waals surface area contributed by atoms with Crippen LogP contribution in [0.2, 0.25) is 0 Å². The number of carbonyl (C=O) groups is 3. The first-order valence-corrected chi connectivity index (χ1v) is 11.3. The molecule has 0 aromatic rings. The van der Waals surface area contributed by atoms with Crippen LogP contribution >= 0.6 is 0 Å². The summed E-state index contributed by atoms with van der Waals surface area (Å²) in [5, 5.41) is 14.5. The van der Waals surface area contributed by atoms with Crippen molar-refractivity contribution < 1.29 is 19.5 Å². The fourth-order valence-corrected chi connectivity index (χ4v) is 3.28. The number of amides is 2. The van der Waals surface area contributed by atoms with Crippen LogP contribution in [0.1, 0.15) is 80.6 Å². The van der Waals surface area contributed by atoms with Crippen molar-refractivity contribution in [2.75, 3.05) is 13.1 Å². The second-order valence-electron chi connectivity index (χ2n) is 8.38. The topological polar surface area (TPSA) is 98.7 Å². The van der Waals surface area contributed by atoms with Gasteiger partial charge in [0.1, 0.15) is 6.04 Å². The highest BCUT2D eigenvalue weighted by Gasteiger charge is 2.34. The molecule has 1 aliphatic rings. The van der Waals surface area contributed by atoms with Crippen molar-refractivity contribution in [1.82, 2.24) is 15.5 Å². The van der Waals surface area contributed by atoms with Crippen LogP contribution in [0, 0.1) is 5.92 Å². The lowest BCUT2D eigenvalue weighted by molar-refractivity contribution is -0.134. The molecule has 1 saturated heterocycles. The quantitative estimate of drug-likeness (QED) is 0.492. The van der Waals surface area contributed by atoms with E-state index >= 15 is 0 Å². The van der Waals surface area contributed by atoms with E-state index in [-0.39, 0.29) is 35.9 Å². The Bertz CT molecular complexity index is 575. The van der Waals surface area contributed by atoms with E-state index in [4.69, 9.17) is 5.11 Å². The number of rotatable bonds is 9. The summed E-state index contributed by atoms with van der Waals surface area (Å²) in [4.78, 5) is 38.5. The molecule has 0 aromatic heterocycles. The van der Waals surface area contributed by atoms with Crippen LogP contribution in [0.3, 0.4) is 0 Å². The van der Waals surface area contributed by atoms with Crippen LogP contribution < -0.4 is 10.6 Å². The van der Waals surface area contributed by atoms with E-state index in [0.29, 0.717) is 6.04 Å². The van der Waals surface area contributed by atoms with Gasteiger partial charge in [0, 0.05) is 18.2 Å². The van der Waals surface area contributed by atoms with Crippen LogP contribution in [-0.4, -0.2) is 59.0 Å². The highest BCUT2D eigenvalue weighted by molar-refractivity contribution is 5.90. The summed E-state index contributed by atoms with van der Waals surface area (Å²) in [5.74, 6) is -1.47. The molecule has 174 valence electrons. The van der Waals surface area contributed by atoms with Crippen LogP contribution in [0.15, 0.2) is 11.6 Å². The summed E-state index contributed by atoms with van der Waals surface area (Å²) in [6, 6.07) is -0.509. The molecular formula is C23H43N3O4. The third kappa shape index (κ3) is 9.74. The Morgan fingerprint density at radius 2 is 1.73 bits per heavy atom. The van der Waals surface area contributed by atoms with Crippen LogP contribution in [-0.2, 0) is 14.4 Å².